The number of nitrogens with one attached hydrogen (secondary N) is 1. The van der Waals surface area contributed by atoms with Gasteiger partial charge in [0.25, 0.3) is 0 Å². The molecule has 0 aromatic carbocycles. The minimum absolute atomic E-state index is 0.0159. The molecule has 0 aromatic heterocycles. The first kappa shape index (κ1) is 12.4. The Kier molecular flexibility index (Phi) is 4.99. The third kappa shape index (κ3) is 3.77. The Bertz CT molecular complexity index is 162. The predicted molar refractivity (Wildman–Crippen MR) is 53.4 cm³/mol. The molecule has 3 nitrogen and oxygen atoms in total. The molecule has 0 saturated heterocycles. The van der Waals surface area contributed by atoms with E-state index in [1.165, 1.54) is 0 Å². The van der Waals surface area contributed by atoms with Gasteiger partial charge in [0.15, 0.2) is 0 Å². The zero-order chi connectivity index (χ0) is 10.5. The molecule has 3 heteroatoms. The summed E-state index contributed by atoms with van der Waals surface area (Å²) in [7, 11) is 0. The Labute approximate surface area is 80.5 Å². The van der Waals surface area contributed by atoms with Gasteiger partial charge in [0.1, 0.15) is 0 Å². The highest BCUT2D eigenvalue weighted by atomic mass is 16.3. The molecule has 0 aromatic rings. The van der Waals surface area contributed by atoms with Crippen molar-refractivity contribution >= 4 is 5.91 Å². The number of hydrogen-bond donors (Lipinski definition) is 2. The van der Waals surface area contributed by atoms with Crippen molar-refractivity contribution in [2.75, 3.05) is 6.61 Å². The van der Waals surface area contributed by atoms with Crippen LogP contribution in [0.25, 0.3) is 0 Å². The van der Waals surface area contributed by atoms with Gasteiger partial charge in [-0.25, -0.2) is 0 Å². The zero-order valence-electron chi connectivity index (χ0n) is 9.05. The molecule has 78 valence electrons. The summed E-state index contributed by atoms with van der Waals surface area (Å²) in [6.07, 6.45) is 1.57. The number of carbonyl (C=O) groups excluding carboxylic acids is 1. The van der Waals surface area contributed by atoms with Crippen LogP contribution in [-0.2, 0) is 4.79 Å². The van der Waals surface area contributed by atoms with Gasteiger partial charge in [-0.15, -0.1) is 0 Å². The van der Waals surface area contributed by atoms with E-state index in [1.54, 1.807) is 0 Å². The van der Waals surface area contributed by atoms with Crippen LogP contribution in [0.1, 0.15) is 40.5 Å². The van der Waals surface area contributed by atoms with Crippen molar-refractivity contribution in [2.24, 2.45) is 5.41 Å². The topological polar surface area (TPSA) is 49.3 Å². The average Bonchev–Trinajstić information content (AvgIpc) is 2.13. The van der Waals surface area contributed by atoms with Crippen molar-refractivity contribution < 1.29 is 9.90 Å². The molecule has 0 aliphatic heterocycles. The highest BCUT2D eigenvalue weighted by molar-refractivity contribution is 5.81. The van der Waals surface area contributed by atoms with Gasteiger partial charge < -0.3 is 10.4 Å². The lowest BCUT2D eigenvalue weighted by atomic mass is 9.89. The first-order valence-electron chi connectivity index (χ1n) is 4.89. The maximum absolute atomic E-state index is 11.6. The van der Waals surface area contributed by atoms with Gasteiger partial charge in [0.05, 0.1) is 12.6 Å². The highest BCUT2D eigenvalue weighted by Crippen LogP contribution is 2.19. The third-order valence-electron chi connectivity index (χ3n) is 2.55. The Morgan fingerprint density at radius 2 is 2.00 bits per heavy atom. The van der Waals surface area contributed by atoms with Crippen molar-refractivity contribution in [3.8, 4) is 0 Å². The first-order chi connectivity index (χ1) is 5.97. The smallest absolute Gasteiger partial charge is 0.225 e. The van der Waals surface area contributed by atoms with E-state index in [4.69, 9.17) is 5.11 Å². The Balaban J connectivity index is 4.13. The third-order valence-corrected chi connectivity index (χ3v) is 2.55. The Hall–Kier alpha value is -0.570. The van der Waals surface area contributed by atoms with E-state index in [0.29, 0.717) is 0 Å². The van der Waals surface area contributed by atoms with Crippen molar-refractivity contribution in [1.82, 2.24) is 5.32 Å². The predicted octanol–water partition coefficient (Wildman–Crippen LogP) is 1.31. The fourth-order valence-electron chi connectivity index (χ4n) is 0.818. The molecular weight excluding hydrogens is 166 g/mol. The van der Waals surface area contributed by atoms with Crippen LogP contribution in [0.2, 0.25) is 0 Å². The zero-order valence-corrected chi connectivity index (χ0v) is 9.05. The highest BCUT2D eigenvalue weighted by Gasteiger charge is 2.26. The van der Waals surface area contributed by atoms with E-state index in [-0.39, 0.29) is 24.0 Å². The SMILES string of the molecule is CCC(CO)NC(=O)C(C)(C)CC. The van der Waals surface area contributed by atoms with Crippen LogP contribution in [0.5, 0.6) is 0 Å². The monoisotopic (exact) mass is 187 g/mol. The molecule has 13 heavy (non-hydrogen) atoms. The standard InChI is InChI=1S/C10H21NO2/c1-5-8(7-12)11-9(13)10(3,4)6-2/h8,12H,5-7H2,1-4H3,(H,11,13). The lowest BCUT2D eigenvalue weighted by molar-refractivity contribution is -0.130. The van der Waals surface area contributed by atoms with Gasteiger partial charge in [-0.1, -0.05) is 27.7 Å². The van der Waals surface area contributed by atoms with Gasteiger partial charge in [0.2, 0.25) is 5.91 Å². The quantitative estimate of drug-likeness (QED) is 0.681. The number of amides is 1. The van der Waals surface area contributed by atoms with Gasteiger partial charge in [-0.3, -0.25) is 4.79 Å². The largest absolute Gasteiger partial charge is 0.394 e. The molecule has 0 fully saturated rings. The van der Waals surface area contributed by atoms with Crippen LogP contribution in [-0.4, -0.2) is 23.7 Å². The maximum atomic E-state index is 11.6. The lowest BCUT2D eigenvalue weighted by Crippen LogP contribution is -2.44. The molecule has 2 N–H and O–H groups in total. The molecule has 1 atom stereocenters. The Morgan fingerprint density at radius 1 is 1.46 bits per heavy atom. The van der Waals surface area contributed by atoms with Crippen molar-refractivity contribution in [2.45, 2.75) is 46.6 Å². The van der Waals surface area contributed by atoms with Gasteiger partial charge in [-0.05, 0) is 12.8 Å². The second kappa shape index (κ2) is 5.22. The van der Waals surface area contributed by atoms with Crippen LogP contribution >= 0.6 is 0 Å². The number of carbonyl (C=O) groups is 1. The van der Waals surface area contributed by atoms with Crippen molar-refractivity contribution in [1.29, 1.82) is 0 Å². The Morgan fingerprint density at radius 3 is 2.31 bits per heavy atom. The number of aliphatic hydroxyl groups excluding tert-OH is 1. The lowest BCUT2D eigenvalue weighted by Gasteiger charge is -2.24. The van der Waals surface area contributed by atoms with Gasteiger partial charge in [0, 0.05) is 5.41 Å². The van der Waals surface area contributed by atoms with Crippen LogP contribution in [0.4, 0.5) is 0 Å². The molecule has 0 rings (SSSR count). The van der Waals surface area contributed by atoms with Crippen LogP contribution < -0.4 is 5.32 Å². The molecule has 1 amide bonds. The van der Waals surface area contributed by atoms with E-state index >= 15 is 0 Å². The fourth-order valence-corrected chi connectivity index (χ4v) is 0.818. The first-order valence-corrected chi connectivity index (χ1v) is 4.89. The van der Waals surface area contributed by atoms with Crippen LogP contribution in [0.3, 0.4) is 0 Å². The molecule has 0 heterocycles. The van der Waals surface area contributed by atoms with E-state index < -0.39 is 0 Å². The normalized spacial score (nSPS) is 13.9. The number of hydrogen-bond acceptors (Lipinski definition) is 2. The van der Waals surface area contributed by atoms with E-state index in [2.05, 4.69) is 5.32 Å². The summed E-state index contributed by atoms with van der Waals surface area (Å²) in [5.41, 5.74) is -0.331. The molecule has 0 saturated carbocycles. The number of aliphatic hydroxyl groups is 1. The molecule has 0 bridgehead atoms. The van der Waals surface area contributed by atoms with Crippen molar-refractivity contribution in [3.63, 3.8) is 0 Å². The van der Waals surface area contributed by atoms with Gasteiger partial charge in [-0.2, -0.15) is 0 Å². The van der Waals surface area contributed by atoms with Gasteiger partial charge >= 0.3 is 0 Å². The van der Waals surface area contributed by atoms with Crippen molar-refractivity contribution in [3.05, 3.63) is 0 Å². The number of rotatable bonds is 5. The second-order valence-corrected chi connectivity index (χ2v) is 4.00. The van der Waals surface area contributed by atoms with E-state index in [9.17, 15) is 4.79 Å². The minimum Gasteiger partial charge on any atom is -0.394 e. The van der Waals surface area contributed by atoms with E-state index in [0.717, 1.165) is 12.8 Å². The molecule has 0 aliphatic rings. The maximum Gasteiger partial charge on any atom is 0.225 e. The summed E-state index contributed by atoms with van der Waals surface area (Å²) in [6.45, 7) is 7.76. The molecule has 0 spiro atoms. The molecule has 1 unspecified atom stereocenters. The van der Waals surface area contributed by atoms with E-state index in [1.807, 2.05) is 27.7 Å². The summed E-state index contributed by atoms with van der Waals surface area (Å²) in [4.78, 5) is 11.6. The summed E-state index contributed by atoms with van der Waals surface area (Å²) in [6, 6.07) is -0.0988. The minimum atomic E-state index is -0.331. The van der Waals surface area contributed by atoms with Crippen LogP contribution in [0, 0.1) is 5.41 Å². The summed E-state index contributed by atoms with van der Waals surface area (Å²) >= 11 is 0. The summed E-state index contributed by atoms with van der Waals surface area (Å²) < 4.78 is 0. The molecular formula is C10H21NO2. The second-order valence-electron chi connectivity index (χ2n) is 4.00. The summed E-state index contributed by atoms with van der Waals surface area (Å²) in [5, 5.41) is 11.7. The van der Waals surface area contributed by atoms with Crippen LogP contribution in [0.15, 0.2) is 0 Å². The molecule has 0 aliphatic carbocycles. The average molecular weight is 187 g/mol. The fraction of sp³-hybridized carbons (Fsp3) is 0.900. The summed E-state index contributed by atoms with van der Waals surface area (Å²) in [5.74, 6) is 0.0240. The molecule has 0 radical (unpaired) electrons.